The summed E-state index contributed by atoms with van der Waals surface area (Å²) in [5, 5.41) is 9.41. The minimum atomic E-state index is -1.31. The Morgan fingerprint density at radius 1 is 1.10 bits per heavy atom. The van der Waals surface area contributed by atoms with E-state index in [4.69, 9.17) is 4.74 Å². The van der Waals surface area contributed by atoms with E-state index >= 15 is 0 Å². The van der Waals surface area contributed by atoms with E-state index in [1.807, 2.05) is 63.5 Å². The molecule has 0 spiro atoms. The fourth-order valence-corrected chi connectivity index (χ4v) is 4.64. The van der Waals surface area contributed by atoms with E-state index < -0.39 is 11.6 Å². The Balaban J connectivity index is 1.91. The molecule has 0 aromatic heterocycles. The van der Waals surface area contributed by atoms with Crippen molar-refractivity contribution in [3.63, 3.8) is 0 Å². The molecule has 2 aromatic carbocycles. The lowest BCUT2D eigenvalue weighted by Crippen LogP contribution is -2.38. The smallest absolute Gasteiger partial charge is 0.347 e. The first-order valence-corrected chi connectivity index (χ1v) is 11.7. The quantitative estimate of drug-likeness (QED) is 0.492. The number of aliphatic carboxylic acids is 1. The summed E-state index contributed by atoms with van der Waals surface area (Å²) in [6, 6.07) is 11.9. The van der Waals surface area contributed by atoms with Gasteiger partial charge < -0.3 is 14.7 Å². The van der Waals surface area contributed by atoms with E-state index in [1.54, 1.807) is 25.6 Å². The number of thioether (sulfide) groups is 1. The van der Waals surface area contributed by atoms with Crippen LogP contribution in [0, 0.1) is 19.8 Å². The van der Waals surface area contributed by atoms with Crippen LogP contribution in [0.3, 0.4) is 0 Å². The van der Waals surface area contributed by atoms with E-state index in [1.165, 1.54) is 0 Å². The van der Waals surface area contributed by atoms with Crippen LogP contribution in [0.4, 0.5) is 0 Å². The molecule has 2 unspecified atom stereocenters. The molecule has 0 saturated carbocycles. The van der Waals surface area contributed by atoms with Crippen LogP contribution in [0.15, 0.2) is 41.3 Å². The summed E-state index contributed by atoms with van der Waals surface area (Å²) in [5.41, 5.74) is 2.30. The van der Waals surface area contributed by atoms with Gasteiger partial charge in [-0.25, -0.2) is 4.79 Å². The third-order valence-corrected chi connectivity index (χ3v) is 6.74. The molecule has 1 fully saturated rings. The minimum absolute atomic E-state index is 0.0802. The second-order valence-corrected chi connectivity index (χ2v) is 9.81. The number of ether oxygens (including phenoxy) is 1. The van der Waals surface area contributed by atoms with E-state index in [9.17, 15) is 14.7 Å². The van der Waals surface area contributed by atoms with Crippen LogP contribution < -0.4 is 4.74 Å². The van der Waals surface area contributed by atoms with E-state index in [0.29, 0.717) is 5.75 Å². The number of carbonyl (C=O) groups is 2. The molecule has 1 aliphatic heterocycles. The predicted molar refractivity (Wildman–Crippen MR) is 125 cm³/mol. The average molecular weight is 442 g/mol. The number of hydrogen-bond acceptors (Lipinski definition) is 5. The molecule has 0 aliphatic carbocycles. The Kier molecular flexibility index (Phi) is 6.82. The first-order chi connectivity index (χ1) is 14.5. The lowest BCUT2D eigenvalue weighted by atomic mass is 9.82. The fourth-order valence-electron chi connectivity index (χ4n) is 4.23. The molecule has 1 aliphatic rings. The Hall–Kier alpha value is -2.31. The molecule has 2 atom stereocenters. The van der Waals surface area contributed by atoms with Crippen molar-refractivity contribution < 1.29 is 19.4 Å². The minimum Gasteiger partial charge on any atom is -0.478 e. The van der Waals surface area contributed by atoms with Gasteiger partial charge in [0.15, 0.2) is 11.4 Å². The second-order valence-electron chi connectivity index (χ2n) is 8.93. The third kappa shape index (κ3) is 4.96. The van der Waals surface area contributed by atoms with Gasteiger partial charge in [-0.3, -0.25) is 4.79 Å². The Morgan fingerprint density at radius 2 is 1.68 bits per heavy atom. The van der Waals surface area contributed by atoms with Crippen molar-refractivity contribution in [2.75, 3.05) is 26.4 Å². The molecule has 5 nitrogen and oxygen atoms in total. The van der Waals surface area contributed by atoms with Crippen LogP contribution in [-0.4, -0.2) is 53.8 Å². The van der Waals surface area contributed by atoms with Crippen LogP contribution >= 0.6 is 11.8 Å². The molecule has 31 heavy (non-hydrogen) atoms. The van der Waals surface area contributed by atoms with Gasteiger partial charge >= 0.3 is 5.97 Å². The molecule has 166 valence electrons. The summed E-state index contributed by atoms with van der Waals surface area (Å²) >= 11 is 1.66. The summed E-state index contributed by atoms with van der Waals surface area (Å²) in [4.78, 5) is 28.2. The zero-order chi connectivity index (χ0) is 22.9. The number of ketones is 1. The van der Waals surface area contributed by atoms with Gasteiger partial charge in [-0.05, 0) is 69.8 Å². The Labute approximate surface area is 188 Å². The highest BCUT2D eigenvalue weighted by atomic mass is 32.2. The standard InChI is InChI=1S/C25H31NO4S/c1-15-11-18(12-16(2)23(15)30-25(3,4)24(28)29)20-13-26(5)14-21(20)22(27)17-7-9-19(31-6)10-8-17/h7-12,20-21H,13-14H2,1-6H3,(H,28,29). The van der Waals surface area contributed by atoms with Gasteiger partial charge in [-0.2, -0.15) is 0 Å². The normalized spacial score (nSPS) is 19.4. The summed E-state index contributed by atoms with van der Waals surface area (Å²) in [6.45, 7) is 8.48. The molecule has 0 bridgehead atoms. The monoisotopic (exact) mass is 441 g/mol. The number of likely N-dealkylation sites (tertiary alicyclic amines) is 1. The average Bonchev–Trinajstić information content (AvgIpc) is 3.11. The number of rotatable bonds is 7. The van der Waals surface area contributed by atoms with Crippen LogP contribution in [-0.2, 0) is 4.79 Å². The summed E-state index contributed by atoms with van der Waals surface area (Å²) in [5.74, 6) is -0.281. The molecule has 1 N–H and O–H groups in total. The first-order valence-electron chi connectivity index (χ1n) is 10.4. The van der Waals surface area contributed by atoms with Crippen molar-refractivity contribution in [1.82, 2.24) is 4.90 Å². The lowest BCUT2D eigenvalue weighted by molar-refractivity contribution is -0.152. The summed E-state index contributed by atoms with van der Waals surface area (Å²) < 4.78 is 5.85. The SMILES string of the molecule is CSc1ccc(C(=O)C2CN(C)CC2c2cc(C)c(OC(C)(C)C(=O)O)c(C)c2)cc1. The number of aryl methyl sites for hydroxylation is 2. The Morgan fingerprint density at radius 3 is 2.19 bits per heavy atom. The predicted octanol–water partition coefficient (Wildman–Crippen LogP) is 4.80. The highest BCUT2D eigenvalue weighted by Gasteiger charge is 2.38. The molecular formula is C25H31NO4S. The van der Waals surface area contributed by atoms with Gasteiger partial charge in [0.05, 0.1) is 0 Å². The van der Waals surface area contributed by atoms with Crippen molar-refractivity contribution >= 4 is 23.5 Å². The number of hydrogen-bond donors (Lipinski definition) is 1. The molecule has 1 heterocycles. The van der Waals surface area contributed by atoms with E-state index in [2.05, 4.69) is 4.90 Å². The molecule has 0 amide bonds. The van der Waals surface area contributed by atoms with Gasteiger partial charge in [0, 0.05) is 35.4 Å². The number of carbonyl (C=O) groups excluding carboxylic acids is 1. The first kappa shape index (κ1) is 23.4. The van der Waals surface area contributed by atoms with Crippen LogP contribution in [0.25, 0.3) is 0 Å². The maximum Gasteiger partial charge on any atom is 0.347 e. The maximum absolute atomic E-state index is 13.4. The molecule has 3 rings (SSSR count). The van der Waals surface area contributed by atoms with Crippen molar-refractivity contribution in [2.24, 2.45) is 5.92 Å². The van der Waals surface area contributed by atoms with Crippen molar-refractivity contribution in [2.45, 2.75) is 44.1 Å². The largest absolute Gasteiger partial charge is 0.478 e. The van der Waals surface area contributed by atoms with E-state index in [-0.39, 0.29) is 17.6 Å². The third-order valence-electron chi connectivity index (χ3n) is 6.00. The van der Waals surface area contributed by atoms with Gasteiger partial charge in [0.1, 0.15) is 5.75 Å². The number of carboxylic acids is 1. The van der Waals surface area contributed by atoms with Crippen LogP contribution in [0.5, 0.6) is 5.75 Å². The second kappa shape index (κ2) is 9.05. The number of carboxylic acid groups (broad SMARTS) is 1. The van der Waals surface area contributed by atoms with E-state index in [0.717, 1.165) is 40.2 Å². The maximum atomic E-state index is 13.4. The van der Waals surface area contributed by atoms with Gasteiger partial charge in [-0.1, -0.05) is 24.3 Å². The van der Waals surface area contributed by atoms with Gasteiger partial charge in [0.25, 0.3) is 0 Å². The van der Waals surface area contributed by atoms with Crippen molar-refractivity contribution in [3.05, 3.63) is 58.7 Å². The number of likely N-dealkylation sites (N-methyl/N-ethyl adjacent to an activating group) is 1. The Bertz CT molecular complexity index is 961. The zero-order valence-electron chi connectivity index (χ0n) is 19.1. The number of nitrogens with zero attached hydrogens (tertiary/aromatic N) is 1. The van der Waals surface area contributed by atoms with Gasteiger partial charge in [0.2, 0.25) is 0 Å². The topological polar surface area (TPSA) is 66.8 Å². The van der Waals surface area contributed by atoms with Gasteiger partial charge in [-0.15, -0.1) is 11.8 Å². The molecule has 1 saturated heterocycles. The molecule has 0 radical (unpaired) electrons. The number of Topliss-reactive ketones (excluding diaryl/α,β-unsaturated/α-hetero) is 1. The number of benzene rings is 2. The summed E-state index contributed by atoms with van der Waals surface area (Å²) in [6.07, 6.45) is 2.02. The highest BCUT2D eigenvalue weighted by Crippen LogP contribution is 2.38. The zero-order valence-corrected chi connectivity index (χ0v) is 19.9. The molecule has 2 aromatic rings. The van der Waals surface area contributed by atoms with Crippen LogP contribution in [0.1, 0.15) is 46.8 Å². The highest BCUT2D eigenvalue weighted by molar-refractivity contribution is 7.98. The van der Waals surface area contributed by atoms with Crippen LogP contribution in [0.2, 0.25) is 0 Å². The van der Waals surface area contributed by atoms with Crippen molar-refractivity contribution in [1.29, 1.82) is 0 Å². The van der Waals surface area contributed by atoms with Crippen molar-refractivity contribution in [3.8, 4) is 5.75 Å². The molecule has 6 heteroatoms. The fraction of sp³-hybridized carbons (Fsp3) is 0.440. The molecular weight excluding hydrogens is 410 g/mol. The lowest BCUT2D eigenvalue weighted by Gasteiger charge is -2.26. The summed E-state index contributed by atoms with van der Waals surface area (Å²) in [7, 11) is 2.05.